The van der Waals surface area contributed by atoms with Crippen LogP contribution < -0.4 is 10.6 Å². The number of rotatable bonds is 5. The van der Waals surface area contributed by atoms with E-state index in [4.69, 9.17) is 0 Å². The van der Waals surface area contributed by atoms with E-state index in [1.807, 2.05) is 7.05 Å². The Balaban J connectivity index is 2.18. The molecule has 0 radical (unpaired) electrons. The Morgan fingerprint density at radius 1 is 1.10 bits per heavy atom. The average molecular weight is 274 g/mol. The molecule has 0 aliphatic rings. The third-order valence-corrected chi connectivity index (χ3v) is 3.07. The summed E-state index contributed by atoms with van der Waals surface area (Å²) in [6.45, 7) is 4.80. The predicted octanol–water partition coefficient (Wildman–Crippen LogP) is 3.39. The second-order valence-electron chi connectivity index (χ2n) is 4.87. The molecule has 2 aromatic rings. The first-order valence-corrected chi connectivity index (χ1v) is 6.62. The van der Waals surface area contributed by atoms with Crippen LogP contribution in [-0.2, 0) is 6.54 Å². The Labute approximate surface area is 118 Å². The van der Waals surface area contributed by atoms with Crippen LogP contribution >= 0.6 is 0 Å². The molecule has 0 unspecified atom stereocenters. The number of nitrogens with zero attached hydrogens (tertiary/aromatic N) is 2. The molecule has 0 spiro atoms. The van der Waals surface area contributed by atoms with Crippen molar-refractivity contribution in [3.63, 3.8) is 0 Å². The summed E-state index contributed by atoms with van der Waals surface area (Å²) in [6.07, 6.45) is 1.53. The standard InChI is InChI=1S/C15H19FN4/c1-10(2)13-14(17-3)19-9-20-15(13)18-8-11-4-6-12(16)7-5-11/h4-7,9-10H,8H2,1-3H3,(H2,17,18,19,20). The minimum atomic E-state index is -0.226. The van der Waals surface area contributed by atoms with Crippen molar-refractivity contribution in [2.24, 2.45) is 0 Å². The van der Waals surface area contributed by atoms with Gasteiger partial charge in [-0.2, -0.15) is 0 Å². The summed E-state index contributed by atoms with van der Waals surface area (Å²) >= 11 is 0. The molecule has 0 aliphatic heterocycles. The van der Waals surface area contributed by atoms with Crippen LogP contribution in [0.25, 0.3) is 0 Å². The van der Waals surface area contributed by atoms with E-state index >= 15 is 0 Å². The SMILES string of the molecule is CNc1ncnc(NCc2ccc(F)cc2)c1C(C)C. The number of aromatic nitrogens is 2. The van der Waals surface area contributed by atoms with E-state index < -0.39 is 0 Å². The van der Waals surface area contributed by atoms with Crippen LogP contribution in [0.3, 0.4) is 0 Å². The second kappa shape index (κ2) is 6.32. The summed E-state index contributed by atoms with van der Waals surface area (Å²) in [7, 11) is 1.85. The largest absolute Gasteiger partial charge is 0.373 e. The fourth-order valence-corrected chi connectivity index (χ4v) is 2.07. The van der Waals surface area contributed by atoms with Gasteiger partial charge in [0.05, 0.1) is 0 Å². The van der Waals surface area contributed by atoms with E-state index in [2.05, 4.69) is 34.4 Å². The first-order chi connectivity index (χ1) is 9.61. The van der Waals surface area contributed by atoms with Crippen LogP contribution in [0, 0.1) is 5.82 Å². The zero-order valence-electron chi connectivity index (χ0n) is 11.9. The maximum atomic E-state index is 12.9. The minimum absolute atomic E-state index is 0.226. The molecule has 0 bridgehead atoms. The highest BCUT2D eigenvalue weighted by molar-refractivity contribution is 5.58. The van der Waals surface area contributed by atoms with Crippen LogP contribution in [-0.4, -0.2) is 17.0 Å². The summed E-state index contributed by atoms with van der Waals surface area (Å²) in [5, 5.41) is 6.37. The molecular formula is C15H19FN4. The fourth-order valence-electron chi connectivity index (χ4n) is 2.07. The molecule has 2 N–H and O–H groups in total. The van der Waals surface area contributed by atoms with Crippen molar-refractivity contribution < 1.29 is 4.39 Å². The fraction of sp³-hybridized carbons (Fsp3) is 0.333. The zero-order chi connectivity index (χ0) is 14.5. The third kappa shape index (κ3) is 3.23. The van der Waals surface area contributed by atoms with Gasteiger partial charge in [0.1, 0.15) is 23.8 Å². The zero-order valence-corrected chi connectivity index (χ0v) is 11.9. The minimum Gasteiger partial charge on any atom is -0.373 e. The molecule has 0 atom stereocenters. The van der Waals surface area contributed by atoms with E-state index in [0.29, 0.717) is 12.5 Å². The third-order valence-electron chi connectivity index (χ3n) is 3.07. The van der Waals surface area contributed by atoms with Crippen molar-refractivity contribution in [1.29, 1.82) is 0 Å². The molecule has 1 aromatic carbocycles. The highest BCUT2D eigenvalue weighted by atomic mass is 19.1. The highest BCUT2D eigenvalue weighted by Crippen LogP contribution is 2.28. The summed E-state index contributed by atoms with van der Waals surface area (Å²) in [6, 6.07) is 6.44. The van der Waals surface area contributed by atoms with Gasteiger partial charge in [-0.05, 0) is 23.6 Å². The molecule has 20 heavy (non-hydrogen) atoms. The van der Waals surface area contributed by atoms with E-state index in [9.17, 15) is 4.39 Å². The molecule has 1 heterocycles. The lowest BCUT2D eigenvalue weighted by molar-refractivity contribution is 0.627. The van der Waals surface area contributed by atoms with Gasteiger partial charge in [-0.3, -0.25) is 0 Å². The van der Waals surface area contributed by atoms with Gasteiger partial charge in [0.15, 0.2) is 0 Å². The van der Waals surface area contributed by atoms with Crippen molar-refractivity contribution in [1.82, 2.24) is 9.97 Å². The van der Waals surface area contributed by atoms with Crippen LogP contribution in [0.15, 0.2) is 30.6 Å². The Hall–Kier alpha value is -2.17. The Kier molecular flexibility index (Phi) is 4.50. The van der Waals surface area contributed by atoms with Crippen molar-refractivity contribution >= 4 is 11.6 Å². The summed E-state index contributed by atoms with van der Waals surface area (Å²) in [5.41, 5.74) is 2.06. The predicted molar refractivity (Wildman–Crippen MR) is 79.4 cm³/mol. The van der Waals surface area contributed by atoms with Crippen molar-refractivity contribution in [2.75, 3.05) is 17.7 Å². The number of halogens is 1. The van der Waals surface area contributed by atoms with E-state index in [1.54, 1.807) is 12.1 Å². The number of hydrogen-bond donors (Lipinski definition) is 2. The van der Waals surface area contributed by atoms with Crippen LogP contribution in [0.2, 0.25) is 0 Å². The van der Waals surface area contributed by atoms with E-state index in [-0.39, 0.29) is 5.82 Å². The number of hydrogen-bond acceptors (Lipinski definition) is 4. The molecule has 5 heteroatoms. The van der Waals surface area contributed by atoms with Crippen LogP contribution in [0.5, 0.6) is 0 Å². The molecule has 0 fully saturated rings. The molecule has 0 aliphatic carbocycles. The van der Waals surface area contributed by atoms with Gasteiger partial charge in [-0.25, -0.2) is 14.4 Å². The van der Waals surface area contributed by atoms with Gasteiger partial charge < -0.3 is 10.6 Å². The van der Waals surface area contributed by atoms with Gasteiger partial charge >= 0.3 is 0 Å². The number of nitrogens with one attached hydrogen (secondary N) is 2. The molecule has 0 saturated heterocycles. The molecule has 0 saturated carbocycles. The van der Waals surface area contributed by atoms with Gasteiger partial charge in [0.2, 0.25) is 0 Å². The number of benzene rings is 1. The molecule has 2 rings (SSSR count). The smallest absolute Gasteiger partial charge is 0.135 e. The lowest BCUT2D eigenvalue weighted by Crippen LogP contribution is -2.09. The normalized spacial score (nSPS) is 10.7. The molecule has 0 amide bonds. The summed E-state index contributed by atoms with van der Waals surface area (Å²) in [5.74, 6) is 1.71. The highest BCUT2D eigenvalue weighted by Gasteiger charge is 2.13. The molecule has 4 nitrogen and oxygen atoms in total. The van der Waals surface area contributed by atoms with Gasteiger partial charge in [-0.15, -0.1) is 0 Å². The molecular weight excluding hydrogens is 255 g/mol. The lowest BCUT2D eigenvalue weighted by atomic mass is 10.0. The first kappa shape index (κ1) is 14.2. The van der Waals surface area contributed by atoms with Crippen molar-refractivity contribution in [3.8, 4) is 0 Å². The summed E-state index contributed by atoms with van der Waals surface area (Å²) in [4.78, 5) is 8.54. The van der Waals surface area contributed by atoms with E-state index in [1.165, 1.54) is 18.5 Å². The topological polar surface area (TPSA) is 49.8 Å². The second-order valence-corrected chi connectivity index (χ2v) is 4.87. The maximum absolute atomic E-state index is 12.9. The van der Waals surface area contributed by atoms with Crippen molar-refractivity contribution in [3.05, 3.63) is 47.5 Å². The summed E-state index contributed by atoms with van der Waals surface area (Å²) < 4.78 is 12.9. The Bertz CT molecular complexity index is 567. The van der Waals surface area contributed by atoms with Crippen LogP contribution in [0.4, 0.5) is 16.0 Å². The molecule has 1 aromatic heterocycles. The van der Waals surface area contributed by atoms with Gasteiger partial charge in [-0.1, -0.05) is 26.0 Å². The lowest BCUT2D eigenvalue weighted by Gasteiger charge is -2.16. The maximum Gasteiger partial charge on any atom is 0.135 e. The Morgan fingerprint density at radius 3 is 2.35 bits per heavy atom. The molecule has 106 valence electrons. The van der Waals surface area contributed by atoms with Gasteiger partial charge in [0, 0.05) is 19.2 Å². The van der Waals surface area contributed by atoms with E-state index in [0.717, 1.165) is 22.8 Å². The van der Waals surface area contributed by atoms with Crippen LogP contribution in [0.1, 0.15) is 30.9 Å². The Morgan fingerprint density at radius 2 is 1.75 bits per heavy atom. The number of anilines is 2. The van der Waals surface area contributed by atoms with Crippen molar-refractivity contribution in [2.45, 2.75) is 26.3 Å². The van der Waals surface area contributed by atoms with Gasteiger partial charge in [0.25, 0.3) is 0 Å². The monoisotopic (exact) mass is 274 g/mol. The quantitative estimate of drug-likeness (QED) is 0.877. The average Bonchev–Trinajstić information content (AvgIpc) is 2.46. The first-order valence-electron chi connectivity index (χ1n) is 6.62.